The third-order valence-electron chi connectivity index (χ3n) is 4.57. The van der Waals surface area contributed by atoms with Gasteiger partial charge in [0.25, 0.3) is 5.91 Å². The van der Waals surface area contributed by atoms with Crippen LogP contribution in [0.1, 0.15) is 29.2 Å². The van der Waals surface area contributed by atoms with Crippen LogP contribution >= 0.6 is 0 Å². The van der Waals surface area contributed by atoms with Crippen molar-refractivity contribution in [2.75, 3.05) is 6.61 Å². The largest absolute Gasteiger partial charge is 0.463 e. The van der Waals surface area contributed by atoms with Gasteiger partial charge in [0.05, 0.1) is 6.61 Å². The fraction of sp³-hybridized carbons (Fsp3) is 0.111. The molecule has 156 valence electrons. The highest BCUT2D eigenvalue weighted by molar-refractivity contribution is 6.24. The van der Waals surface area contributed by atoms with Crippen molar-refractivity contribution in [1.29, 1.82) is 0 Å². The first-order valence-electron chi connectivity index (χ1n) is 10.2. The number of benzene rings is 3. The smallest absolute Gasteiger partial charge is 0.330 e. The van der Waals surface area contributed by atoms with Crippen molar-refractivity contribution in [3.05, 3.63) is 113 Å². The Morgan fingerprint density at radius 3 is 2.13 bits per heavy atom. The lowest BCUT2D eigenvalue weighted by molar-refractivity contribution is -0.137. The molecule has 0 spiro atoms. The van der Waals surface area contributed by atoms with Gasteiger partial charge in [-0.15, -0.1) is 0 Å². The number of amides is 1. The third-order valence-corrected chi connectivity index (χ3v) is 4.57. The Bertz CT molecular complexity index is 1050. The second-order valence-electron chi connectivity index (χ2n) is 6.84. The zero-order valence-electron chi connectivity index (χ0n) is 17.5. The predicted molar refractivity (Wildman–Crippen MR) is 125 cm³/mol. The number of hydrogen-bond donors (Lipinski definition) is 1. The summed E-state index contributed by atoms with van der Waals surface area (Å²) in [6.07, 6.45) is 5.01. The van der Waals surface area contributed by atoms with E-state index >= 15 is 0 Å². The summed E-state index contributed by atoms with van der Waals surface area (Å²) in [5.74, 6) is -0.501. The molecular formula is C27H25NO3. The first-order chi connectivity index (χ1) is 15.2. The van der Waals surface area contributed by atoms with Crippen molar-refractivity contribution in [2.45, 2.75) is 13.5 Å². The van der Waals surface area contributed by atoms with E-state index in [0.717, 1.165) is 22.3 Å². The summed E-state index contributed by atoms with van der Waals surface area (Å²) >= 11 is 0. The van der Waals surface area contributed by atoms with Crippen LogP contribution in [0.25, 0.3) is 17.7 Å². The minimum atomic E-state index is -0.363. The standard InChI is InChI=1S/C27H25NO3/c1-2-31-26(29)18-17-21-13-15-23(16-14-21)20-28-27(30)25(24-11-7-4-8-12-24)19-22-9-5-3-6-10-22/h3-19H,2,20H2,1H3,(H,28,30)/b18-17+,25-19+. The van der Waals surface area contributed by atoms with Crippen molar-refractivity contribution in [3.63, 3.8) is 0 Å². The van der Waals surface area contributed by atoms with E-state index in [1.54, 1.807) is 13.0 Å². The fourth-order valence-corrected chi connectivity index (χ4v) is 2.99. The van der Waals surface area contributed by atoms with E-state index in [4.69, 9.17) is 4.74 Å². The van der Waals surface area contributed by atoms with Crippen LogP contribution in [0.5, 0.6) is 0 Å². The number of esters is 1. The van der Waals surface area contributed by atoms with Gasteiger partial charge in [-0.2, -0.15) is 0 Å². The average Bonchev–Trinajstić information content (AvgIpc) is 2.82. The van der Waals surface area contributed by atoms with Crippen LogP contribution in [0.15, 0.2) is 91.0 Å². The van der Waals surface area contributed by atoms with Gasteiger partial charge in [0.1, 0.15) is 0 Å². The molecule has 0 unspecified atom stereocenters. The molecule has 1 N–H and O–H groups in total. The first kappa shape index (κ1) is 21.8. The molecule has 0 saturated carbocycles. The molecule has 0 aliphatic heterocycles. The van der Waals surface area contributed by atoms with Gasteiger partial charge >= 0.3 is 5.97 Å². The quantitative estimate of drug-likeness (QED) is 0.318. The van der Waals surface area contributed by atoms with Gasteiger partial charge in [-0.05, 0) is 41.3 Å². The molecule has 0 aliphatic rings. The molecule has 3 rings (SSSR count). The van der Waals surface area contributed by atoms with Crippen LogP contribution in [-0.2, 0) is 20.9 Å². The maximum absolute atomic E-state index is 13.0. The zero-order valence-corrected chi connectivity index (χ0v) is 17.5. The van der Waals surface area contributed by atoms with Crippen molar-refractivity contribution >= 4 is 29.6 Å². The summed E-state index contributed by atoms with van der Waals surface area (Å²) in [7, 11) is 0. The molecule has 0 fully saturated rings. The van der Waals surface area contributed by atoms with Crippen LogP contribution in [-0.4, -0.2) is 18.5 Å². The first-order valence-corrected chi connectivity index (χ1v) is 10.2. The molecule has 0 atom stereocenters. The van der Waals surface area contributed by atoms with Crippen LogP contribution in [0, 0.1) is 0 Å². The lowest BCUT2D eigenvalue weighted by Crippen LogP contribution is -2.23. The Hall–Kier alpha value is -3.92. The molecule has 4 heteroatoms. The molecule has 31 heavy (non-hydrogen) atoms. The van der Waals surface area contributed by atoms with Gasteiger partial charge < -0.3 is 10.1 Å². The number of carbonyl (C=O) groups excluding carboxylic acids is 2. The number of carbonyl (C=O) groups is 2. The monoisotopic (exact) mass is 411 g/mol. The van der Waals surface area contributed by atoms with Gasteiger partial charge in [0, 0.05) is 18.2 Å². The average molecular weight is 412 g/mol. The molecule has 0 aromatic heterocycles. The molecule has 0 aliphatic carbocycles. The van der Waals surface area contributed by atoms with Crippen molar-refractivity contribution in [2.24, 2.45) is 0 Å². The molecule has 3 aromatic rings. The Labute approximate surface area is 182 Å². The van der Waals surface area contributed by atoms with Gasteiger partial charge in [-0.1, -0.05) is 84.9 Å². The molecule has 4 nitrogen and oxygen atoms in total. The van der Waals surface area contributed by atoms with E-state index < -0.39 is 0 Å². The van der Waals surface area contributed by atoms with Gasteiger partial charge in [-0.3, -0.25) is 4.79 Å². The third kappa shape index (κ3) is 6.82. The Balaban J connectivity index is 1.68. The van der Waals surface area contributed by atoms with E-state index in [9.17, 15) is 9.59 Å². The highest BCUT2D eigenvalue weighted by Gasteiger charge is 2.12. The molecule has 0 bridgehead atoms. The van der Waals surface area contributed by atoms with E-state index in [2.05, 4.69) is 5.32 Å². The maximum atomic E-state index is 13.0. The number of nitrogens with one attached hydrogen (secondary N) is 1. The summed E-state index contributed by atoms with van der Waals surface area (Å²) in [6.45, 7) is 2.53. The number of rotatable bonds is 8. The van der Waals surface area contributed by atoms with Crippen LogP contribution in [0.3, 0.4) is 0 Å². The van der Waals surface area contributed by atoms with Gasteiger partial charge in [0.2, 0.25) is 0 Å². The normalized spacial score (nSPS) is 11.3. The van der Waals surface area contributed by atoms with E-state index in [1.165, 1.54) is 6.08 Å². The molecule has 1 amide bonds. The predicted octanol–water partition coefficient (Wildman–Crippen LogP) is 5.12. The minimum Gasteiger partial charge on any atom is -0.463 e. The van der Waals surface area contributed by atoms with Crippen molar-refractivity contribution in [3.8, 4) is 0 Å². The van der Waals surface area contributed by atoms with Crippen LogP contribution < -0.4 is 5.32 Å². The molecule has 0 radical (unpaired) electrons. The molecular weight excluding hydrogens is 386 g/mol. The summed E-state index contributed by atoms with van der Waals surface area (Å²) in [4.78, 5) is 24.4. The van der Waals surface area contributed by atoms with Crippen LogP contribution in [0.4, 0.5) is 0 Å². The van der Waals surface area contributed by atoms with E-state index in [0.29, 0.717) is 18.7 Å². The summed E-state index contributed by atoms with van der Waals surface area (Å²) in [6, 6.07) is 27.1. The van der Waals surface area contributed by atoms with E-state index in [-0.39, 0.29) is 11.9 Å². The van der Waals surface area contributed by atoms with Gasteiger partial charge in [0.15, 0.2) is 0 Å². The van der Waals surface area contributed by atoms with Gasteiger partial charge in [-0.25, -0.2) is 4.79 Å². The highest BCUT2D eigenvalue weighted by atomic mass is 16.5. The van der Waals surface area contributed by atoms with E-state index in [1.807, 2.05) is 91.0 Å². The maximum Gasteiger partial charge on any atom is 0.330 e. The van der Waals surface area contributed by atoms with Crippen molar-refractivity contribution < 1.29 is 14.3 Å². The molecule has 0 heterocycles. The fourth-order valence-electron chi connectivity index (χ4n) is 2.99. The van der Waals surface area contributed by atoms with Crippen LogP contribution in [0.2, 0.25) is 0 Å². The molecule has 3 aromatic carbocycles. The Morgan fingerprint density at radius 1 is 0.839 bits per heavy atom. The van der Waals surface area contributed by atoms with Crippen molar-refractivity contribution in [1.82, 2.24) is 5.32 Å². The lowest BCUT2D eigenvalue weighted by Gasteiger charge is -2.10. The summed E-state index contributed by atoms with van der Waals surface area (Å²) in [5, 5.41) is 3.00. The Morgan fingerprint density at radius 2 is 1.48 bits per heavy atom. The lowest BCUT2D eigenvalue weighted by atomic mass is 10.0. The minimum absolute atomic E-state index is 0.138. The zero-order chi connectivity index (χ0) is 21.9. The Kier molecular flexibility index (Phi) is 7.95. The number of ether oxygens (including phenoxy) is 1. The topological polar surface area (TPSA) is 55.4 Å². The second kappa shape index (κ2) is 11.3. The second-order valence-corrected chi connectivity index (χ2v) is 6.84. The number of hydrogen-bond acceptors (Lipinski definition) is 3. The molecule has 0 saturated heterocycles. The SMILES string of the molecule is CCOC(=O)/C=C/c1ccc(CNC(=O)/C(=C/c2ccccc2)c2ccccc2)cc1. The highest BCUT2D eigenvalue weighted by Crippen LogP contribution is 2.19. The summed E-state index contributed by atoms with van der Waals surface area (Å²) < 4.78 is 4.88. The summed E-state index contributed by atoms with van der Waals surface area (Å²) in [5.41, 5.74) is 4.30.